The van der Waals surface area contributed by atoms with Gasteiger partial charge in [-0.3, -0.25) is 4.79 Å². The first-order valence-electron chi connectivity index (χ1n) is 12.1. The van der Waals surface area contributed by atoms with Crippen LogP contribution in [0.1, 0.15) is 53.2 Å². The van der Waals surface area contributed by atoms with E-state index in [9.17, 15) is 27.2 Å². The van der Waals surface area contributed by atoms with E-state index in [1.807, 2.05) is 42.3 Å². The second-order valence-corrected chi connectivity index (χ2v) is 8.47. The summed E-state index contributed by atoms with van der Waals surface area (Å²) in [4.78, 5) is 30.6. The van der Waals surface area contributed by atoms with Gasteiger partial charge in [0.2, 0.25) is 0 Å². The molecule has 0 saturated carbocycles. The zero-order valence-corrected chi connectivity index (χ0v) is 21.6. The average molecular weight is 547 g/mol. The molecule has 0 unspecified atom stereocenters. The monoisotopic (exact) mass is 546 g/mol. The molecule has 39 heavy (non-hydrogen) atoms. The number of halogens is 4. The third-order valence-corrected chi connectivity index (χ3v) is 5.37. The SMILES string of the molecule is CCCCCN(C)/C=C\c1cc(-c2ncc(C(F)(F)F)cn2)c(F)cc1C=O.NC(=O)OCc1ccccc1. The largest absolute Gasteiger partial charge is 0.445 e. The van der Waals surface area contributed by atoms with Crippen LogP contribution >= 0.6 is 0 Å². The lowest BCUT2D eigenvalue weighted by atomic mass is 10.0. The van der Waals surface area contributed by atoms with E-state index in [1.54, 1.807) is 12.3 Å². The van der Waals surface area contributed by atoms with Crippen molar-refractivity contribution in [3.05, 3.63) is 89.1 Å². The van der Waals surface area contributed by atoms with Gasteiger partial charge in [-0.15, -0.1) is 0 Å². The maximum Gasteiger partial charge on any atom is 0.419 e. The molecule has 0 atom stereocenters. The minimum absolute atomic E-state index is 0.0763. The molecule has 0 aliphatic heterocycles. The second kappa shape index (κ2) is 15.2. The summed E-state index contributed by atoms with van der Waals surface area (Å²) in [5.74, 6) is -0.968. The molecule has 11 heteroatoms. The van der Waals surface area contributed by atoms with Crippen LogP contribution in [-0.2, 0) is 17.5 Å². The highest BCUT2D eigenvalue weighted by molar-refractivity contribution is 5.84. The van der Waals surface area contributed by atoms with Crippen LogP contribution in [-0.4, -0.2) is 40.8 Å². The van der Waals surface area contributed by atoms with Crippen molar-refractivity contribution in [3.8, 4) is 11.4 Å². The Kier molecular flexibility index (Phi) is 12.1. The third-order valence-electron chi connectivity index (χ3n) is 5.37. The lowest BCUT2D eigenvalue weighted by Gasteiger charge is -2.14. The van der Waals surface area contributed by atoms with Gasteiger partial charge in [0.05, 0.1) is 11.1 Å². The Balaban J connectivity index is 0.000000404. The third kappa shape index (κ3) is 10.5. The predicted molar refractivity (Wildman–Crippen MR) is 140 cm³/mol. The Morgan fingerprint density at radius 1 is 1.08 bits per heavy atom. The highest BCUT2D eigenvalue weighted by Crippen LogP contribution is 2.30. The van der Waals surface area contributed by atoms with Gasteiger partial charge in [0.25, 0.3) is 0 Å². The molecule has 0 bridgehead atoms. The van der Waals surface area contributed by atoms with Gasteiger partial charge in [-0.05, 0) is 42.0 Å². The van der Waals surface area contributed by atoms with Crippen molar-refractivity contribution in [3.63, 3.8) is 0 Å². The minimum atomic E-state index is -4.57. The standard InChI is InChI=1S/C20H21F4N3O.C8H9NO2/c1-3-4-5-7-27(2)8-6-14-9-17(18(21)10-15(14)13-28)19-25-11-16(12-26-19)20(22,23)24;9-8(10)11-6-7-4-2-1-3-5-7/h6,8-13H,3-5,7H2,1-2H3;1-5H,6H2,(H2,9,10)/b8-6-;. The molecule has 1 aromatic heterocycles. The van der Waals surface area contributed by atoms with E-state index in [0.29, 0.717) is 24.2 Å². The molecule has 0 spiro atoms. The van der Waals surface area contributed by atoms with E-state index in [0.717, 1.165) is 37.4 Å². The molecular weight excluding hydrogens is 516 g/mol. The maximum absolute atomic E-state index is 14.3. The second-order valence-electron chi connectivity index (χ2n) is 8.47. The van der Waals surface area contributed by atoms with E-state index < -0.39 is 23.7 Å². The first-order valence-corrected chi connectivity index (χ1v) is 12.1. The van der Waals surface area contributed by atoms with Crippen molar-refractivity contribution in [2.45, 2.75) is 39.0 Å². The number of carbonyl (C=O) groups excluding carboxylic acids is 2. The van der Waals surface area contributed by atoms with Crippen molar-refractivity contribution in [2.75, 3.05) is 13.6 Å². The Labute approximate surface area is 224 Å². The van der Waals surface area contributed by atoms with Crippen molar-refractivity contribution < 1.29 is 31.9 Å². The van der Waals surface area contributed by atoms with E-state index >= 15 is 0 Å². The normalized spacial score (nSPS) is 11.0. The Morgan fingerprint density at radius 2 is 1.74 bits per heavy atom. The lowest BCUT2D eigenvalue weighted by Crippen LogP contribution is -2.12. The topological polar surface area (TPSA) is 98.4 Å². The fourth-order valence-corrected chi connectivity index (χ4v) is 3.26. The summed E-state index contributed by atoms with van der Waals surface area (Å²) in [6, 6.07) is 11.8. The number of hydrogen-bond acceptors (Lipinski definition) is 6. The van der Waals surface area contributed by atoms with E-state index in [-0.39, 0.29) is 23.6 Å². The number of aromatic nitrogens is 2. The quantitative estimate of drug-likeness (QED) is 0.177. The van der Waals surface area contributed by atoms with Crippen molar-refractivity contribution in [2.24, 2.45) is 5.73 Å². The number of nitrogens with two attached hydrogens (primary N) is 1. The molecule has 2 N–H and O–H groups in total. The zero-order chi connectivity index (χ0) is 28.8. The van der Waals surface area contributed by atoms with Gasteiger partial charge in [0.15, 0.2) is 12.1 Å². The fourth-order valence-electron chi connectivity index (χ4n) is 3.26. The summed E-state index contributed by atoms with van der Waals surface area (Å²) in [5, 5.41) is 0. The van der Waals surface area contributed by atoms with Gasteiger partial charge in [0, 0.05) is 31.5 Å². The number of amides is 1. The average Bonchev–Trinajstić information content (AvgIpc) is 2.91. The first-order chi connectivity index (χ1) is 18.5. The summed E-state index contributed by atoms with van der Waals surface area (Å²) in [7, 11) is 1.89. The maximum atomic E-state index is 14.3. The summed E-state index contributed by atoms with van der Waals surface area (Å²) < 4.78 is 56.8. The van der Waals surface area contributed by atoms with Crippen molar-refractivity contribution in [1.82, 2.24) is 14.9 Å². The van der Waals surface area contributed by atoms with Crippen LogP contribution in [0.15, 0.2) is 61.1 Å². The van der Waals surface area contributed by atoms with Crippen LogP contribution in [0.3, 0.4) is 0 Å². The number of benzene rings is 2. The fraction of sp³-hybridized carbons (Fsp3) is 0.286. The number of ether oxygens (including phenoxy) is 1. The molecule has 3 aromatic rings. The van der Waals surface area contributed by atoms with Gasteiger partial charge in [-0.1, -0.05) is 50.1 Å². The smallest absolute Gasteiger partial charge is 0.419 e. The van der Waals surface area contributed by atoms with Gasteiger partial charge in [-0.2, -0.15) is 13.2 Å². The van der Waals surface area contributed by atoms with Gasteiger partial charge >= 0.3 is 12.3 Å². The van der Waals surface area contributed by atoms with Gasteiger partial charge in [0.1, 0.15) is 12.4 Å². The molecule has 1 amide bonds. The lowest BCUT2D eigenvalue weighted by molar-refractivity contribution is -0.138. The number of primary amides is 1. The Bertz CT molecular complexity index is 1230. The Morgan fingerprint density at radius 3 is 2.31 bits per heavy atom. The summed E-state index contributed by atoms with van der Waals surface area (Å²) in [5.41, 5.74) is 5.18. The molecule has 2 aromatic carbocycles. The number of unbranched alkanes of at least 4 members (excludes halogenated alkanes) is 2. The minimum Gasteiger partial charge on any atom is -0.445 e. The highest BCUT2D eigenvalue weighted by Gasteiger charge is 2.31. The molecule has 0 radical (unpaired) electrons. The molecule has 0 aliphatic rings. The van der Waals surface area contributed by atoms with E-state index in [1.165, 1.54) is 6.07 Å². The molecule has 208 valence electrons. The number of nitrogens with zero attached hydrogens (tertiary/aromatic N) is 3. The molecular formula is C28H30F4N4O3. The molecule has 7 nitrogen and oxygen atoms in total. The van der Waals surface area contributed by atoms with Crippen LogP contribution in [0, 0.1) is 5.82 Å². The number of alkyl halides is 3. The molecule has 3 rings (SSSR count). The van der Waals surface area contributed by atoms with Gasteiger partial charge in [-0.25, -0.2) is 19.2 Å². The van der Waals surface area contributed by atoms with Crippen LogP contribution < -0.4 is 5.73 Å². The summed E-state index contributed by atoms with van der Waals surface area (Å²) in [6.07, 6.45) is 3.06. The van der Waals surface area contributed by atoms with Crippen LogP contribution in [0.4, 0.5) is 22.4 Å². The highest BCUT2D eigenvalue weighted by atomic mass is 19.4. The zero-order valence-electron chi connectivity index (χ0n) is 21.6. The summed E-state index contributed by atoms with van der Waals surface area (Å²) in [6.45, 7) is 3.18. The predicted octanol–water partition coefficient (Wildman–Crippen LogP) is 6.49. The summed E-state index contributed by atoms with van der Waals surface area (Å²) >= 11 is 0. The van der Waals surface area contributed by atoms with Gasteiger partial charge < -0.3 is 15.4 Å². The number of carbonyl (C=O) groups is 2. The van der Waals surface area contributed by atoms with Crippen molar-refractivity contribution in [1.29, 1.82) is 0 Å². The van der Waals surface area contributed by atoms with E-state index in [4.69, 9.17) is 5.73 Å². The van der Waals surface area contributed by atoms with Crippen molar-refractivity contribution >= 4 is 18.5 Å². The Hall–Kier alpha value is -4.28. The number of aldehydes is 1. The van der Waals surface area contributed by atoms with E-state index in [2.05, 4.69) is 21.6 Å². The number of rotatable bonds is 10. The molecule has 1 heterocycles. The molecule has 0 fully saturated rings. The molecule has 0 saturated heterocycles. The van der Waals surface area contributed by atoms with Crippen LogP contribution in [0.25, 0.3) is 17.5 Å². The van der Waals surface area contributed by atoms with Crippen LogP contribution in [0.2, 0.25) is 0 Å². The first kappa shape index (κ1) is 30.9. The molecule has 0 aliphatic carbocycles. The van der Waals surface area contributed by atoms with Crippen LogP contribution in [0.5, 0.6) is 0 Å². The number of hydrogen-bond donors (Lipinski definition) is 1.